The van der Waals surface area contributed by atoms with Gasteiger partial charge in [0.15, 0.2) is 12.2 Å². The summed E-state index contributed by atoms with van der Waals surface area (Å²) in [4.78, 5) is 3.29. The third-order valence-corrected chi connectivity index (χ3v) is 0.423. The van der Waals surface area contributed by atoms with Crippen LogP contribution in [0.1, 0.15) is 0 Å². The minimum atomic E-state index is 0.419. The zero-order valence-electron chi connectivity index (χ0n) is 5.26. The molecule has 0 aliphatic carbocycles. The lowest BCUT2D eigenvalue weighted by Gasteiger charge is -2.11. The molecule has 0 aromatic heterocycles. The fourth-order valence-electron chi connectivity index (χ4n) is 0.156. The molecular weight excluding hydrogens is 106 g/mol. The fraction of sp³-hybridized carbons (Fsp3) is 0.600. The Labute approximate surface area is 49.0 Å². The highest BCUT2D eigenvalue weighted by molar-refractivity contribution is 4.78. The Morgan fingerprint density at radius 2 is 1.88 bits per heavy atom. The third-order valence-electron chi connectivity index (χ3n) is 0.423. The van der Waals surface area contributed by atoms with Gasteiger partial charge in [0.25, 0.3) is 0 Å². The fourth-order valence-corrected chi connectivity index (χ4v) is 0.156. The summed E-state index contributed by atoms with van der Waals surface area (Å²) in [5, 5.41) is 9.29. The van der Waals surface area contributed by atoms with E-state index in [-0.39, 0.29) is 0 Å². The zero-order valence-corrected chi connectivity index (χ0v) is 5.26. The Hall–Kier alpha value is -0.720. The second-order valence-electron chi connectivity index (χ2n) is 2.31. The highest BCUT2D eigenvalue weighted by Crippen LogP contribution is 1.81. The molecule has 0 bridgehead atoms. The molecule has 0 heterocycles. The van der Waals surface area contributed by atoms with Crippen molar-refractivity contribution in [3.63, 3.8) is 0 Å². The van der Waals surface area contributed by atoms with Gasteiger partial charge in [-0.25, -0.2) is 0 Å². The van der Waals surface area contributed by atoms with E-state index in [9.17, 15) is 5.26 Å². The van der Waals surface area contributed by atoms with E-state index in [1.807, 2.05) is 27.2 Å². The van der Waals surface area contributed by atoms with Crippen LogP contribution in [-0.4, -0.2) is 25.6 Å². The van der Waals surface area contributed by atoms with E-state index in [0.29, 0.717) is 4.48 Å². The van der Waals surface area contributed by atoms with E-state index < -0.39 is 0 Å². The van der Waals surface area contributed by atoms with Crippen molar-refractivity contribution in [2.24, 2.45) is 0 Å². The van der Waals surface area contributed by atoms with E-state index >= 15 is 0 Å². The molecule has 0 saturated carbocycles. The molecule has 0 aliphatic rings. The molecule has 0 atom stereocenters. The van der Waals surface area contributed by atoms with Crippen LogP contribution < -0.4 is 5.26 Å². The number of rotatable bonds is 0. The first-order valence-electron chi connectivity index (χ1n) is 2.19. The maximum Gasteiger partial charge on any atom is 0.180 e. The van der Waals surface area contributed by atoms with Gasteiger partial charge in [-0.3, -0.25) is 4.48 Å². The first-order chi connectivity index (χ1) is 3.56. The monoisotopic (exact) mass is 115 g/mol. The van der Waals surface area contributed by atoms with Crippen LogP contribution >= 0.6 is 0 Å². The van der Waals surface area contributed by atoms with Crippen LogP contribution in [0.25, 0.3) is 0 Å². The van der Waals surface area contributed by atoms with Crippen LogP contribution in [0, 0.1) is 12.2 Å². The molecule has 46 valence electrons. The predicted molar refractivity (Wildman–Crippen MR) is 26.9 cm³/mol. The summed E-state index contributed by atoms with van der Waals surface area (Å²) in [7, 11) is 5.52. The molecular formula is C5H9NO2. The minimum Gasteiger partial charge on any atom is -0.653 e. The Balaban J connectivity index is 3.69. The summed E-state index contributed by atoms with van der Waals surface area (Å²) >= 11 is 0. The SMILES string of the molecule is C[N+](C)(C)C#CO[O-]. The highest BCUT2D eigenvalue weighted by atomic mass is 17.1. The average molecular weight is 115 g/mol. The second-order valence-corrected chi connectivity index (χ2v) is 2.31. The third kappa shape index (κ3) is 5.28. The van der Waals surface area contributed by atoms with Gasteiger partial charge in [0.1, 0.15) is 0 Å². The van der Waals surface area contributed by atoms with Crippen LogP contribution in [0.4, 0.5) is 0 Å². The van der Waals surface area contributed by atoms with Crippen molar-refractivity contribution in [1.29, 1.82) is 0 Å². The van der Waals surface area contributed by atoms with Crippen molar-refractivity contribution < 1.29 is 14.6 Å². The van der Waals surface area contributed by atoms with Gasteiger partial charge in [0.05, 0.1) is 21.1 Å². The van der Waals surface area contributed by atoms with E-state index in [0.717, 1.165) is 0 Å². The lowest BCUT2D eigenvalue weighted by Crippen LogP contribution is -2.27. The first-order valence-corrected chi connectivity index (χ1v) is 2.19. The summed E-state index contributed by atoms with van der Waals surface area (Å²) in [6.45, 7) is 0. The van der Waals surface area contributed by atoms with Gasteiger partial charge < -0.3 is 10.1 Å². The van der Waals surface area contributed by atoms with Crippen LogP contribution in [-0.2, 0) is 4.89 Å². The van der Waals surface area contributed by atoms with E-state index in [2.05, 4.69) is 10.9 Å². The van der Waals surface area contributed by atoms with Crippen molar-refractivity contribution in [1.82, 2.24) is 0 Å². The Kier molecular flexibility index (Phi) is 2.32. The number of nitrogens with zero attached hydrogens (tertiary/aromatic N) is 1. The maximum absolute atomic E-state index is 9.29. The Morgan fingerprint density at radius 3 is 2.00 bits per heavy atom. The van der Waals surface area contributed by atoms with E-state index in [1.165, 1.54) is 0 Å². The summed E-state index contributed by atoms with van der Waals surface area (Å²) in [5.41, 5.74) is 0. The lowest BCUT2D eigenvalue weighted by molar-refractivity contribution is -0.801. The number of hydrogen-bond donors (Lipinski definition) is 0. The molecule has 0 fully saturated rings. The van der Waals surface area contributed by atoms with Gasteiger partial charge in [0.2, 0.25) is 0 Å². The van der Waals surface area contributed by atoms with Crippen LogP contribution in [0.5, 0.6) is 0 Å². The van der Waals surface area contributed by atoms with Crippen molar-refractivity contribution in [3.05, 3.63) is 0 Å². The summed E-state index contributed by atoms with van der Waals surface area (Å²) in [5.74, 6) is 0. The molecule has 0 unspecified atom stereocenters. The lowest BCUT2D eigenvalue weighted by atomic mass is 10.7. The van der Waals surface area contributed by atoms with Crippen molar-refractivity contribution in [2.45, 2.75) is 0 Å². The molecule has 0 aliphatic heterocycles. The molecule has 0 saturated heterocycles. The minimum absolute atomic E-state index is 0.419. The first kappa shape index (κ1) is 7.28. The number of quaternary nitrogens is 1. The molecule has 0 N–H and O–H groups in total. The van der Waals surface area contributed by atoms with Crippen LogP contribution in [0.2, 0.25) is 0 Å². The molecule has 0 rings (SSSR count). The van der Waals surface area contributed by atoms with Crippen LogP contribution in [0.3, 0.4) is 0 Å². The zero-order chi connectivity index (χ0) is 6.62. The topological polar surface area (TPSA) is 32.3 Å². The van der Waals surface area contributed by atoms with Crippen LogP contribution in [0.15, 0.2) is 0 Å². The van der Waals surface area contributed by atoms with Gasteiger partial charge >= 0.3 is 0 Å². The molecule has 0 spiro atoms. The molecule has 3 nitrogen and oxygen atoms in total. The smallest absolute Gasteiger partial charge is 0.180 e. The predicted octanol–water partition coefficient (Wildman–Crippen LogP) is -1.10. The highest BCUT2D eigenvalue weighted by Gasteiger charge is 1.98. The van der Waals surface area contributed by atoms with E-state index in [4.69, 9.17) is 0 Å². The summed E-state index contributed by atoms with van der Waals surface area (Å²) in [6, 6.07) is 2.52. The molecule has 0 radical (unpaired) electrons. The molecule has 0 aromatic rings. The molecule has 0 aromatic carbocycles. The summed E-state index contributed by atoms with van der Waals surface area (Å²) < 4.78 is 0.419. The Bertz CT molecular complexity index is 115. The van der Waals surface area contributed by atoms with Crippen molar-refractivity contribution in [2.75, 3.05) is 21.1 Å². The van der Waals surface area contributed by atoms with Gasteiger partial charge in [-0.05, 0) is 0 Å². The Morgan fingerprint density at radius 1 is 1.38 bits per heavy atom. The van der Waals surface area contributed by atoms with Gasteiger partial charge in [-0.2, -0.15) is 0 Å². The van der Waals surface area contributed by atoms with Crippen molar-refractivity contribution in [3.8, 4) is 12.2 Å². The standard InChI is InChI=1S/C5H9NO2/c1-6(2,3)4-5-8-7/h1-3H3. The largest absolute Gasteiger partial charge is 0.653 e. The molecule has 8 heavy (non-hydrogen) atoms. The maximum atomic E-state index is 9.29. The normalized spacial score (nSPS) is 9.50. The molecule has 3 heteroatoms. The quantitative estimate of drug-likeness (QED) is 0.174. The van der Waals surface area contributed by atoms with Gasteiger partial charge in [-0.1, -0.05) is 0 Å². The molecule has 0 amide bonds. The van der Waals surface area contributed by atoms with Gasteiger partial charge in [0, 0.05) is 0 Å². The van der Waals surface area contributed by atoms with E-state index in [1.54, 1.807) is 0 Å². The number of hydrogen-bond acceptors (Lipinski definition) is 2. The summed E-state index contributed by atoms with van der Waals surface area (Å²) in [6.07, 6.45) is 1.95. The van der Waals surface area contributed by atoms with Crippen molar-refractivity contribution >= 4 is 0 Å². The average Bonchev–Trinajstić information content (AvgIpc) is 1.59. The second kappa shape index (κ2) is 2.55. The van der Waals surface area contributed by atoms with Gasteiger partial charge in [-0.15, -0.1) is 0 Å².